The first-order valence-corrected chi connectivity index (χ1v) is 9.26. The third-order valence-corrected chi connectivity index (χ3v) is 4.06. The van der Waals surface area contributed by atoms with E-state index in [1.54, 1.807) is 4.90 Å². The van der Waals surface area contributed by atoms with E-state index in [1.165, 1.54) is 0 Å². The van der Waals surface area contributed by atoms with Gasteiger partial charge in [-0.15, -0.1) is 24.0 Å². The minimum atomic E-state index is -0.259. The summed E-state index contributed by atoms with van der Waals surface area (Å²) >= 11 is 0. The fourth-order valence-electron chi connectivity index (χ4n) is 2.45. The van der Waals surface area contributed by atoms with E-state index in [2.05, 4.69) is 20.5 Å². The van der Waals surface area contributed by atoms with Crippen molar-refractivity contribution in [1.29, 1.82) is 0 Å². The smallest absolute Gasteiger partial charge is 0.409 e. The average molecular weight is 483 g/mol. The van der Waals surface area contributed by atoms with E-state index < -0.39 is 0 Å². The molecule has 0 bridgehead atoms. The van der Waals surface area contributed by atoms with Crippen molar-refractivity contribution in [2.45, 2.75) is 46.6 Å². The Bertz CT molecular complexity index is 454. The normalized spacial score (nSPS) is 15.8. The highest BCUT2D eigenvalue weighted by Gasteiger charge is 2.23. The monoisotopic (exact) mass is 483 g/mol. The number of rotatable bonds is 7. The van der Waals surface area contributed by atoms with Gasteiger partial charge in [0.25, 0.3) is 0 Å². The second-order valence-electron chi connectivity index (χ2n) is 6.04. The van der Waals surface area contributed by atoms with Gasteiger partial charge in [-0.2, -0.15) is 0 Å². The molecule has 152 valence electrons. The van der Waals surface area contributed by atoms with Gasteiger partial charge >= 0.3 is 6.09 Å². The minimum absolute atomic E-state index is 0. The topological polar surface area (TPSA) is 86.3 Å². The van der Waals surface area contributed by atoms with Crippen molar-refractivity contribution in [3.05, 3.63) is 0 Å². The van der Waals surface area contributed by atoms with Crippen LogP contribution in [0.1, 0.15) is 40.5 Å². The largest absolute Gasteiger partial charge is 0.450 e. The van der Waals surface area contributed by atoms with Crippen molar-refractivity contribution in [2.75, 3.05) is 45.9 Å². The predicted octanol–water partition coefficient (Wildman–Crippen LogP) is 1.65. The number of nitrogens with one attached hydrogen (secondary N) is 2. The summed E-state index contributed by atoms with van der Waals surface area (Å²) in [4.78, 5) is 32.0. The lowest BCUT2D eigenvalue weighted by Gasteiger charge is -2.35. The molecule has 0 aliphatic carbocycles. The molecular formula is C17H34IN5O3. The van der Waals surface area contributed by atoms with Crippen molar-refractivity contribution >= 4 is 41.9 Å². The molecule has 0 aromatic rings. The third-order valence-electron chi connectivity index (χ3n) is 4.06. The molecule has 1 rings (SSSR count). The summed E-state index contributed by atoms with van der Waals surface area (Å²) in [6.45, 7) is 12.1. The third kappa shape index (κ3) is 8.91. The van der Waals surface area contributed by atoms with Crippen LogP contribution < -0.4 is 10.6 Å². The fourth-order valence-corrected chi connectivity index (χ4v) is 2.45. The Morgan fingerprint density at radius 3 is 2.27 bits per heavy atom. The number of guanidine groups is 1. The van der Waals surface area contributed by atoms with Gasteiger partial charge in [0.1, 0.15) is 0 Å². The van der Waals surface area contributed by atoms with E-state index in [4.69, 9.17) is 4.74 Å². The van der Waals surface area contributed by atoms with Gasteiger partial charge in [-0.1, -0.05) is 6.92 Å². The second-order valence-corrected chi connectivity index (χ2v) is 6.04. The molecule has 1 aliphatic heterocycles. The van der Waals surface area contributed by atoms with Crippen LogP contribution in [-0.2, 0) is 9.53 Å². The zero-order valence-electron chi connectivity index (χ0n) is 16.4. The van der Waals surface area contributed by atoms with Gasteiger partial charge < -0.3 is 25.2 Å². The molecule has 1 heterocycles. The molecule has 2 N–H and O–H groups in total. The highest BCUT2D eigenvalue weighted by Crippen LogP contribution is 2.04. The Labute approximate surface area is 174 Å². The van der Waals surface area contributed by atoms with Crippen molar-refractivity contribution in [2.24, 2.45) is 4.99 Å². The van der Waals surface area contributed by atoms with Crippen LogP contribution in [0.2, 0.25) is 0 Å². The van der Waals surface area contributed by atoms with Crippen LogP contribution in [0.15, 0.2) is 4.99 Å². The fraction of sp³-hybridized carbons (Fsp3) is 0.824. The van der Waals surface area contributed by atoms with Crippen LogP contribution in [0.4, 0.5) is 4.79 Å². The molecule has 26 heavy (non-hydrogen) atoms. The first-order chi connectivity index (χ1) is 12.0. The van der Waals surface area contributed by atoms with Gasteiger partial charge in [-0.3, -0.25) is 9.79 Å². The van der Waals surface area contributed by atoms with Crippen molar-refractivity contribution < 1.29 is 14.3 Å². The van der Waals surface area contributed by atoms with Crippen LogP contribution in [-0.4, -0.2) is 79.7 Å². The molecule has 2 amide bonds. The van der Waals surface area contributed by atoms with Crippen LogP contribution in [0.5, 0.6) is 0 Å². The van der Waals surface area contributed by atoms with E-state index in [-0.39, 0.29) is 42.0 Å². The lowest BCUT2D eigenvalue weighted by molar-refractivity contribution is -0.121. The minimum Gasteiger partial charge on any atom is -0.450 e. The maximum Gasteiger partial charge on any atom is 0.409 e. The lowest BCUT2D eigenvalue weighted by atomic mass is 10.2. The van der Waals surface area contributed by atoms with E-state index >= 15 is 0 Å². The summed E-state index contributed by atoms with van der Waals surface area (Å²) < 4.78 is 5.03. The van der Waals surface area contributed by atoms with Gasteiger partial charge in [-0.05, 0) is 27.2 Å². The van der Waals surface area contributed by atoms with Crippen molar-refractivity contribution in [3.63, 3.8) is 0 Å². The van der Waals surface area contributed by atoms with Gasteiger partial charge in [0.15, 0.2) is 5.96 Å². The SMILES string of the molecule is CCNC(=NCCC(=O)NC(C)CC)N1CCN(C(=O)OCC)CC1.I. The Hall–Kier alpha value is -1.26. The highest BCUT2D eigenvalue weighted by atomic mass is 127. The molecular weight excluding hydrogens is 449 g/mol. The standard InChI is InChI=1S/C17H33N5O3.HI/c1-5-14(4)20-15(23)8-9-19-16(18-6-2)21-10-12-22(13-11-21)17(24)25-7-3;/h14H,5-13H2,1-4H3,(H,18,19)(H,20,23);1H. The molecule has 1 unspecified atom stereocenters. The molecule has 0 aromatic carbocycles. The lowest BCUT2D eigenvalue weighted by Crippen LogP contribution is -2.54. The zero-order chi connectivity index (χ0) is 18.7. The summed E-state index contributed by atoms with van der Waals surface area (Å²) in [7, 11) is 0. The van der Waals surface area contributed by atoms with E-state index in [9.17, 15) is 9.59 Å². The molecule has 0 saturated carbocycles. The van der Waals surface area contributed by atoms with Crippen molar-refractivity contribution in [1.82, 2.24) is 20.4 Å². The molecule has 1 fully saturated rings. The number of carbonyl (C=O) groups is 2. The maximum absolute atomic E-state index is 11.8. The first-order valence-electron chi connectivity index (χ1n) is 9.26. The Morgan fingerprint density at radius 1 is 1.12 bits per heavy atom. The first kappa shape index (κ1) is 24.7. The Morgan fingerprint density at radius 2 is 1.73 bits per heavy atom. The number of halogens is 1. The molecule has 0 aromatic heterocycles. The maximum atomic E-state index is 11.8. The number of piperazine rings is 1. The van der Waals surface area contributed by atoms with E-state index in [0.717, 1.165) is 18.9 Å². The van der Waals surface area contributed by atoms with Gasteiger partial charge in [-0.25, -0.2) is 4.79 Å². The Kier molecular flexibility index (Phi) is 13.2. The number of hydrogen-bond donors (Lipinski definition) is 2. The van der Waals surface area contributed by atoms with Crippen LogP contribution >= 0.6 is 24.0 Å². The molecule has 8 nitrogen and oxygen atoms in total. The second kappa shape index (κ2) is 13.9. The highest BCUT2D eigenvalue weighted by molar-refractivity contribution is 14.0. The molecule has 0 radical (unpaired) electrons. The molecule has 1 saturated heterocycles. The van der Waals surface area contributed by atoms with Gasteiger partial charge in [0.2, 0.25) is 5.91 Å². The number of carbonyl (C=O) groups excluding carboxylic acids is 2. The van der Waals surface area contributed by atoms with Crippen molar-refractivity contribution in [3.8, 4) is 0 Å². The van der Waals surface area contributed by atoms with Crippen LogP contribution in [0.25, 0.3) is 0 Å². The molecule has 1 atom stereocenters. The summed E-state index contributed by atoms with van der Waals surface area (Å²) in [5.41, 5.74) is 0. The van der Waals surface area contributed by atoms with Gasteiger partial charge in [0, 0.05) is 45.2 Å². The predicted molar refractivity (Wildman–Crippen MR) is 114 cm³/mol. The summed E-state index contributed by atoms with van der Waals surface area (Å²) in [5.74, 6) is 0.823. The van der Waals surface area contributed by atoms with E-state index in [1.807, 2.05) is 27.7 Å². The molecule has 9 heteroatoms. The summed E-state index contributed by atoms with van der Waals surface area (Å²) in [6.07, 6.45) is 1.04. The van der Waals surface area contributed by atoms with E-state index in [0.29, 0.717) is 45.8 Å². The molecule has 0 spiro atoms. The number of nitrogens with zero attached hydrogens (tertiary/aromatic N) is 3. The number of aliphatic imine (C=N–C) groups is 1. The number of amides is 2. The quantitative estimate of drug-likeness (QED) is 0.327. The summed E-state index contributed by atoms with van der Waals surface area (Å²) in [5, 5.41) is 6.20. The zero-order valence-corrected chi connectivity index (χ0v) is 18.7. The molecule has 1 aliphatic rings. The Balaban J connectivity index is 0.00000625. The van der Waals surface area contributed by atoms with Gasteiger partial charge in [0.05, 0.1) is 13.2 Å². The number of ether oxygens (including phenoxy) is 1. The average Bonchev–Trinajstić information content (AvgIpc) is 2.61. The van der Waals surface area contributed by atoms with Crippen LogP contribution in [0, 0.1) is 0 Å². The van der Waals surface area contributed by atoms with Crippen LogP contribution in [0.3, 0.4) is 0 Å². The number of hydrogen-bond acceptors (Lipinski definition) is 4. The summed E-state index contributed by atoms with van der Waals surface area (Å²) in [6, 6.07) is 0.195.